The van der Waals surface area contributed by atoms with Gasteiger partial charge in [0.15, 0.2) is 0 Å². The molecule has 0 aliphatic carbocycles. The Balaban J connectivity index is -0.000000727. The summed E-state index contributed by atoms with van der Waals surface area (Å²) < 4.78 is 0. The molecule has 0 aromatic heterocycles. The van der Waals surface area contributed by atoms with Gasteiger partial charge in [0.25, 0.3) is 0 Å². The van der Waals surface area contributed by atoms with Gasteiger partial charge in [0.1, 0.15) is 0 Å². The van der Waals surface area contributed by atoms with Crippen molar-refractivity contribution >= 4 is 35.3 Å². The van der Waals surface area contributed by atoms with E-state index in [0.29, 0.717) is 0 Å². The van der Waals surface area contributed by atoms with Gasteiger partial charge in [0, 0.05) is 12.3 Å². The molecular formula is C40H88B2Mg. The van der Waals surface area contributed by atoms with Crippen LogP contribution in [0.5, 0.6) is 0 Å². The fraction of sp³-hybridized carbons (Fsp3) is 1.00. The van der Waals surface area contributed by atoms with Gasteiger partial charge in [-0.25, -0.2) is 0 Å². The van der Waals surface area contributed by atoms with Gasteiger partial charge < -0.3 is 0 Å². The van der Waals surface area contributed by atoms with Crippen LogP contribution in [0.3, 0.4) is 0 Å². The minimum atomic E-state index is -0.0383. The molecule has 256 valence electrons. The SMILES string of the molecule is CCCCC[B-](CCCCC)(CCCCC)CCCCC.CCCCC[B-](CCCCC)(CCCCC)CCCCC.[Mg+2]. The second-order valence-electron chi connectivity index (χ2n) is 15.4. The molecule has 0 atom stereocenters. The summed E-state index contributed by atoms with van der Waals surface area (Å²) in [4.78, 5) is 0. The number of hydrogen-bond donors (Lipinski definition) is 0. The van der Waals surface area contributed by atoms with Crippen LogP contribution in [0, 0.1) is 0 Å². The Morgan fingerprint density at radius 2 is 0.326 bits per heavy atom. The quantitative estimate of drug-likeness (QED) is 0.0522. The zero-order valence-corrected chi connectivity index (χ0v) is 33.9. The monoisotopic (exact) mass is 615 g/mol. The molecule has 0 spiro atoms. The average molecular weight is 615 g/mol. The van der Waals surface area contributed by atoms with Crippen LogP contribution in [0.2, 0.25) is 50.6 Å². The first-order valence-corrected chi connectivity index (χ1v) is 20.9. The molecular weight excluding hydrogens is 526 g/mol. The molecule has 0 N–H and O–H groups in total. The van der Waals surface area contributed by atoms with E-state index in [1.807, 2.05) is 0 Å². The van der Waals surface area contributed by atoms with Gasteiger partial charge in [0.05, 0.1) is 0 Å². The molecule has 0 saturated heterocycles. The van der Waals surface area contributed by atoms with Crippen molar-refractivity contribution < 1.29 is 0 Å². The van der Waals surface area contributed by atoms with Gasteiger partial charge in [0.2, 0.25) is 0 Å². The van der Waals surface area contributed by atoms with Crippen LogP contribution in [0.4, 0.5) is 0 Å². The van der Waals surface area contributed by atoms with E-state index in [1.165, 1.54) is 154 Å². The maximum atomic E-state index is 2.35. The van der Waals surface area contributed by atoms with Gasteiger partial charge in [-0.05, 0) is 0 Å². The third-order valence-corrected chi connectivity index (χ3v) is 11.4. The average Bonchev–Trinajstić information content (AvgIpc) is 2.98. The molecule has 0 aliphatic heterocycles. The minimum Gasteiger partial charge on any atom is -0.178 e. The van der Waals surface area contributed by atoms with E-state index >= 15 is 0 Å². The van der Waals surface area contributed by atoms with Crippen LogP contribution in [-0.2, 0) is 0 Å². The first kappa shape index (κ1) is 48.3. The molecule has 43 heavy (non-hydrogen) atoms. The van der Waals surface area contributed by atoms with Gasteiger partial charge in [-0.1, -0.05) is 209 Å². The summed E-state index contributed by atoms with van der Waals surface area (Å²) >= 11 is 0. The molecule has 0 heterocycles. The minimum absolute atomic E-state index is 0. The van der Waals surface area contributed by atoms with Crippen molar-refractivity contribution in [1.29, 1.82) is 0 Å². The largest absolute Gasteiger partial charge is 2.00 e. The number of unbranched alkanes of at least 4 members (excludes halogenated alkanes) is 16. The van der Waals surface area contributed by atoms with E-state index in [4.69, 9.17) is 0 Å². The van der Waals surface area contributed by atoms with Crippen LogP contribution >= 0.6 is 0 Å². The van der Waals surface area contributed by atoms with Gasteiger partial charge >= 0.3 is 23.1 Å². The van der Waals surface area contributed by atoms with E-state index in [9.17, 15) is 0 Å². The Labute approximate surface area is 294 Å². The Kier molecular flexibility index (Phi) is 42.0. The van der Waals surface area contributed by atoms with Crippen molar-refractivity contribution in [2.24, 2.45) is 0 Å². The van der Waals surface area contributed by atoms with E-state index in [0.717, 1.165) is 0 Å². The fourth-order valence-electron chi connectivity index (χ4n) is 8.35. The second kappa shape index (κ2) is 37.4. The van der Waals surface area contributed by atoms with E-state index in [-0.39, 0.29) is 35.3 Å². The third-order valence-electron chi connectivity index (χ3n) is 11.4. The van der Waals surface area contributed by atoms with Crippen LogP contribution < -0.4 is 0 Å². The van der Waals surface area contributed by atoms with Crippen LogP contribution in [0.1, 0.15) is 209 Å². The molecule has 3 heteroatoms. The molecule has 0 saturated carbocycles. The molecule has 0 bridgehead atoms. The molecule has 0 aliphatic rings. The van der Waals surface area contributed by atoms with E-state index in [2.05, 4.69) is 55.4 Å². The Morgan fingerprint density at radius 3 is 0.419 bits per heavy atom. The number of hydrogen-bond acceptors (Lipinski definition) is 0. The molecule has 0 radical (unpaired) electrons. The molecule has 0 amide bonds. The molecule has 0 nitrogen and oxygen atoms in total. The smallest absolute Gasteiger partial charge is 0.178 e. The maximum Gasteiger partial charge on any atom is 2.00 e. The maximum absolute atomic E-state index is 2.35. The molecule has 0 aromatic carbocycles. The summed E-state index contributed by atoms with van der Waals surface area (Å²) in [7, 11) is 0. The van der Waals surface area contributed by atoms with Crippen molar-refractivity contribution in [3.05, 3.63) is 0 Å². The van der Waals surface area contributed by atoms with Crippen LogP contribution in [0.15, 0.2) is 0 Å². The first-order valence-electron chi connectivity index (χ1n) is 20.9. The Hall–Kier alpha value is 0.896. The number of rotatable bonds is 32. The third kappa shape index (κ3) is 30.0. The van der Waals surface area contributed by atoms with Gasteiger partial charge in [-0.15, -0.1) is 0 Å². The van der Waals surface area contributed by atoms with Gasteiger partial charge in [-0.2, -0.15) is 50.6 Å². The van der Waals surface area contributed by atoms with E-state index < -0.39 is 0 Å². The summed E-state index contributed by atoms with van der Waals surface area (Å²) in [6.07, 6.45) is 47.2. The zero-order valence-electron chi connectivity index (χ0n) is 32.5. The van der Waals surface area contributed by atoms with Crippen molar-refractivity contribution in [3.63, 3.8) is 0 Å². The van der Waals surface area contributed by atoms with E-state index in [1.54, 1.807) is 50.6 Å². The van der Waals surface area contributed by atoms with Crippen LogP contribution in [0.25, 0.3) is 0 Å². The molecule has 0 unspecified atom stereocenters. The molecule has 0 rings (SSSR count). The fourth-order valence-corrected chi connectivity index (χ4v) is 8.35. The summed E-state index contributed by atoms with van der Waals surface area (Å²) in [5, 5.41) is 0. The predicted molar refractivity (Wildman–Crippen MR) is 212 cm³/mol. The molecule has 0 fully saturated rings. The van der Waals surface area contributed by atoms with Gasteiger partial charge in [-0.3, -0.25) is 0 Å². The second-order valence-corrected chi connectivity index (χ2v) is 15.4. The van der Waals surface area contributed by atoms with Crippen molar-refractivity contribution in [1.82, 2.24) is 0 Å². The van der Waals surface area contributed by atoms with Crippen molar-refractivity contribution in [2.75, 3.05) is 0 Å². The normalized spacial score (nSPS) is 11.7. The van der Waals surface area contributed by atoms with Crippen LogP contribution in [-0.4, -0.2) is 35.3 Å². The molecule has 0 aromatic rings. The summed E-state index contributed by atoms with van der Waals surface area (Å²) in [5.41, 5.74) is 0. The summed E-state index contributed by atoms with van der Waals surface area (Å²) in [6.45, 7) is 18.8. The predicted octanol–water partition coefficient (Wildman–Crippen LogP) is 16.0. The Morgan fingerprint density at radius 1 is 0.209 bits per heavy atom. The van der Waals surface area contributed by atoms with Crippen molar-refractivity contribution in [2.45, 2.75) is 260 Å². The first-order chi connectivity index (χ1) is 20.5. The van der Waals surface area contributed by atoms with Crippen molar-refractivity contribution in [3.8, 4) is 0 Å². The zero-order chi connectivity index (χ0) is 31.6. The Bertz CT molecular complexity index is 360. The standard InChI is InChI=1S/2C20H44B.Mg/c2*1-5-9-13-17-21(18-14-10-6-2,19-15-11-7-3)20-16-12-8-4;/h2*5-20H2,1-4H3;/q2*-1;+2. The summed E-state index contributed by atoms with van der Waals surface area (Å²) in [5.74, 6) is 0. The summed E-state index contributed by atoms with van der Waals surface area (Å²) in [6, 6.07) is 0. The topological polar surface area (TPSA) is 0 Å².